The van der Waals surface area contributed by atoms with E-state index in [1.165, 1.54) is 6.33 Å². The number of piperazine rings is 1. The summed E-state index contributed by atoms with van der Waals surface area (Å²) < 4.78 is 5.64. The second kappa shape index (κ2) is 6.05. The molecule has 2 N–H and O–H groups in total. The number of rotatable bonds is 3. The van der Waals surface area contributed by atoms with Crippen LogP contribution in [0.25, 0.3) is 0 Å². The number of ether oxygens (including phenoxy) is 1. The van der Waals surface area contributed by atoms with Crippen molar-refractivity contribution in [3.63, 3.8) is 0 Å². The van der Waals surface area contributed by atoms with Crippen molar-refractivity contribution in [1.29, 1.82) is 0 Å². The molecular formula is C15H27N5O. The lowest BCUT2D eigenvalue weighted by molar-refractivity contribution is 0.128. The molecule has 1 aliphatic rings. The Hall–Kier alpha value is -1.56. The molecule has 0 aromatic carbocycles. The smallest absolute Gasteiger partial charge is 0.242 e. The van der Waals surface area contributed by atoms with Crippen molar-refractivity contribution < 1.29 is 4.74 Å². The van der Waals surface area contributed by atoms with Crippen molar-refractivity contribution in [2.24, 2.45) is 0 Å². The topological polar surface area (TPSA) is 67.5 Å². The molecule has 118 valence electrons. The molecular weight excluding hydrogens is 266 g/mol. The Morgan fingerprint density at radius 3 is 2.29 bits per heavy atom. The minimum Gasteiger partial charge on any atom is -0.473 e. The fourth-order valence-electron chi connectivity index (χ4n) is 2.53. The number of hydrogen-bond acceptors (Lipinski definition) is 6. The zero-order valence-corrected chi connectivity index (χ0v) is 13.8. The predicted molar refractivity (Wildman–Crippen MR) is 85.7 cm³/mol. The standard InChI is InChI=1S/C15H27N5O/c1-11(2)21-14-12(16)13(17-10-18-14)19-6-8-20(9-7-19)15(3,4)5/h10-11H,6-9,16H2,1-5H3. The lowest BCUT2D eigenvalue weighted by atomic mass is 10.0. The van der Waals surface area contributed by atoms with Gasteiger partial charge in [-0.2, -0.15) is 4.98 Å². The molecule has 0 bridgehead atoms. The third kappa shape index (κ3) is 3.75. The number of anilines is 2. The van der Waals surface area contributed by atoms with E-state index in [1.54, 1.807) is 0 Å². The van der Waals surface area contributed by atoms with Crippen LogP contribution in [0.2, 0.25) is 0 Å². The molecule has 0 aliphatic carbocycles. The SMILES string of the molecule is CC(C)Oc1ncnc(N2CCN(C(C)(C)C)CC2)c1N. The number of nitrogen functional groups attached to an aromatic ring is 1. The molecule has 1 saturated heterocycles. The maximum Gasteiger partial charge on any atom is 0.242 e. The van der Waals surface area contributed by atoms with Gasteiger partial charge >= 0.3 is 0 Å². The van der Waals surface area contributed by atoms with Gasteiger partial charge in [-0.15, -0.1) is 0 Å². The van der Waals surface area contributed by atoms with Crippen LogP contribution in [0, 0.1) is 0 Å². The summed E-state index contributed by atoms with van der Waals surface area (Å²) in [6, 6.07) is 0. The zero-order chi connectivity index (χ0) is 15.6. The monoisotopic (exact) mass is 293 g/mol. The highest BCUT2D eigenvalue weighted by Gasteiger charge is 2.27. The quantitative estimate of drug-likeness (QED) is 0.916. The summed E-state index contributed by atoms with van der Waals surface area (Å²) in [7, 11) is 0. The van der Waals surface area contributed by atoms with Crippen LogP contribution in [0.1, 0.15) is 34.6 Å². The average molecular weight is 293 g/mol. The average Bonchev–Trinajstić information content (AvgIpc) is 2.40. The zero-order valence-electron chi connectivity index (χ0n) is 13.8. The summed E-state index contributed by atoms with van der Waals surface area (Å²) in [5, 5.41) is 0. The molecule has 0 radical (unpaired) electrons. The molecule has 0 unspecified atom stereocenters. The van der Waals surface area contributed by atoms with Crippen LogP contribution in [0.3, 0.4) is 0 Å². The largest absolute Gasteiger partial charge is 0.473 e. The summed E-state index contributed by atoms with van der Waals surface area (Å²) in [6.07, 6.45) is 1.58. The minimum absolute atomic E-state index is 0.0489. The van der Waals surface area contributed by atoms with E-state index >= 15 is 0 Å². The van der Waals surface area contributed by atoms with E-state index in [0.717, 1.165) is 32.0 Å². The van der Waals surface area contributed by atoms with Crippen LogP contribution in [0.15, 0.2) is 6.33 Å². The van der Waals surface area contributed by atoms with Gasteiger partial charge in [0.1, 0.15) is 12.0 Å². The van der Waals surface area contributed by atoms with Crippen molar-refractivity contribution in [3.8, 4) is 5.88 Å². The van der Waals surface area contributed by atoms with Gasteiger partial charge in [-0.05, 0) is 34.6 Å². The number of nitrogens with zero attached hydrogens (tertiary/aromatic N) is 4. The van der Waals surface area contributed by atoms with E-state index in [9.17, 15) is 0 Å². The Labute approximate surface area is 127 Å². The van der Waals surface area contributed by atoms with Gasteiger partial charge in [-0.25, -0.2) is 4.98 Å². The first-order chi connectivity index (χ1) is 9.79. The highest BCUT2D eigenvalue weighted by Crippen LogP contribution is 2.29. The summed E-state index contributed by atoms with van der Waals surface area (Å²) >= 11 is 0. The minimum atomic E-state index is 0.0489. The Morgan fingerprint density at radius 1 is 1.14 bits per heavy atom. The maximum atomic E-state index is 6.18. The van der Waals surface area contributed by atoms with Crippen LogP contribution < -0.4 is 15.4 Å². The molecule has 2 rings (SSSR count). The molecule has 0 spiro atoms. The van der Waals surface area contributed by atoms with Crippen molar-refractivity contribution >= 4 is 11.5 Å². The third-order valence-corrected chi connectivity index (χ3v) is 3.70. The Balaban J connectivity index is 2.10. The molecule has 0 atom stereocenters. The first kappa shape index (κ1) is 15.8. The fourth-order valence-corrected chi connectivity index (χ4v) is 2.53. The number of nitrogens with two attached hydrogens (primary N) is 1. The van der Waals surface area contributed by atoms with E-state index < -0.39 is 0 Å². The maximum absolute atomic E-state index is 6.18. The molecule has 0 saturated carbocycles. The van der Waals surface area contributed by atoms with Gasteiger partial charge in [-0.1, -0.05) is 0 Å². The van der Waals surface area contributed by atoms with Gasteiger partial charge in [0, 0.05) is 31.7 Å². The predicted octanol–water partition coefficient (Wildman–Crippen LogP) is 1.77. The normalized spacial score (nSPS) is 17.3. The third-order valence-electron chi connectivity index (χ3n) is 3.70. The van der Waals surface area contributed by atoms with Crippen LogP contribution >= 0.6 is 0 Å². The van der Waals surface area contributed by atoms with Gasteiger partial charge in [-0.3, -0.25) is 4.90 Å². The van der Waals surface area contributed by atoms with Gasteiger partial charge in [0.25, 0.3) is 0 Å². The van der Waals surface area contributed by atoms with Crippen LogP contribution in [0.4, 0.5) is 11.5 Å². The summed E-state index contributed by atoms with van der Waals surface area (Å²) in [6.45, 7) is 14.5. The molecule has 0 amide bonds. The molecule has 1 aliphatic heterocycles. The molecule has 1 fully saturated rings. The molecule has 2 heterocycles. The lowest BCUT2D eigenvalue weighted by Crippen LogP contribution is -2.53. The van der Waals surface area contributed by atoms with Gasteiger partial charge in [0.2, 0.25) is 5.88 Å². The molecule has 6 heteroatoms. The van der Waals surface area contributed by atoms with Gasteiger partial charge in [0.15, 0.2) is 5.82 Å². The summed E-state index contributed by atoms with van der Waals surface area (Å²) in [5.41, 5.74) is 6.92. The van der Waals surface area contributed by atoms with Crippen LogP contribution in [-0.4, -0.2) is 52.7 Å². The lowest BCUT2D eigenvalue weighted by Gasteiger charge is -2.42. The second-order valence-corrected chi connectivity index (χ2v) is 6.73. The number of hydrogen-bond donors (Lipinski definition) is 1. The van der Waals surface area contributed by atoms with E-state index in [0.29, 0.717) is 11.6 Å². The van der Waals surface area contributed by atoms with E-state index in [4.69, 9.17) is 10.5 Å². The highest BCUT2D eigenvalue weighted by molar-refractivity contribution is 5.67. The van der Waals surface area contributed by atoms with Crippen molar-refractivity contribution in [3.05, 3.63) is 6.33 Å². The Morgan fingerprint density at radius 2 is 1.76 bits per heavy atom. The van der Waals surface area contributed by atoms with Gasteiger partial charge in [0.05, 0.1) is 6.10 Å². The van der Waals surface area contributed by atoms with Crippen molar-refractivity contribution in [1.82, 2.24) is 14.9 Å². The van der Waals surface area contributed by atoms with E-state index in [-0.39, 0.29) is 11.6 Å². The highest BCUT2D eigenvalue weighted by atomic mass is 16.5. The van der Waals surface area contributed by atoms with Gasteiger partial charge < -0.3 is 15.4 Å². The van der Waals surface area contributed by atoms with Crippen LogP contribution in [0.5, 0.6) is 5.88 Å². The fraction of sp³-hybridized carbons (Fsp3) is 0.733. The Kier molecular flexibility index (Phi) is 4.56. The molecule has 1 aromatic rings. The van der Waals surface area contributed by atoms with Crippen molar-refractivity contribution in [2.45, 2.75) is 46.3 Å². The number of aromatic nitrogens is 2. The first-order valence-electron chi connectivity index (χ1n) is 7.56. The molecule has 21 heavy (non-hydrogen) atoms. The Bertz CT molecular complexity index is 475. The van der Waals surface area contributed by atoms with Crippen LogP contribution in [-0.2, 0) is 0 Å². The second-order valence-electron chi connectivity index (χ2n) is 6.73. The van der Waals surface area contributed by atoms with E-state index in [1.807, 2.05) is 13.8 Å². The summed E-state index contributed by atoms with van der Waals surface area (Å²) in [4.78, 5) is 13.2. The summed E-state index contributed by atoms with van der Waals surface area (Å²) in [5.74, 6) is 1.27. The van der Waals surface area contributed by atoms with E-state index in [2.05, 4.69) is 40.5 Å². The molecule has 1 aromatic heterocycles. The first-order valence-corrected chi connectivity index (χ1v) is 7.56. The van der Waals surface area contributed by atoms with Crippen molar-refractivity contribution in [2.75, 3.05) is 36.8 Å². The molecule has 6 nitrogen and oxygen atoms in total.